The summed E-state index contributed by atoms with van der Waals surface area (Å²) in [4.78, 5) is 0. The molecule has 19 heavy (non-hydrogen) atoms. The van der Waals surface area contributed by atoms with Gasteiger partial charge in [-0.05, 0) is 31.0 Å². The molecule has 0 saturated heterocycles. The van der Waals surface area contributed by atoms with Gasteiger partial charge in [0.15, 0.2) is 11.6 Å². The minimum absolute atomic E-state index is 0.0187. The Bertz CT molecular complexity index is 428. The summed E-state index contributed by atoms with van der Waals surface area (Å²) in [5, 5.41) is 3.28. The van der Waals surface area contributed by atoms with Crippen molar-refractivity contribution in [2.45, 2.75) is 38.1 Å². The van der Waals surface area contributed by atoms with Gasteiger partial charge < -0.3 is 14.8 Å². The van der Waals surface area contributed by atoms with E-state index in [0.29, 0.717) is 18.7 Å². The molecule has 0 bridgehead atoms. The standard InChI is InChI=1S/C14H19F2NO2/c1-3-19-13-7-12(14(13)18-2)17-8-9-4-5-10(15)11(16)6-9/h4-6,12-14,17H,3,7-8H2,1-2H3. The molecule has 1 fully saturated rings. The van der Waals surface area contributed by atoms with Crippen molar-refractivity contribution in [3.63, 3.8) is 0 Å². The second-order valence-electron chi connectivity index (χ2n) is 4.67. The lowest BCUT2D eigenvalue weighted by Gasteiger charge is -2.43. The molecular weight excluding hydrogens is 252 g/mol. The smallest absolute Gasteiger partial charge is 0.159 e. The fourth-order valence-electron chi connectivity index (χ4n) is 2.37. The molecule has 0 aliphatic heterocycles. The van der Waals surface area contributed by atoms with Gasteiger partial charge in [-0.15, -0.1) is 0 Å². The Morgan fingerprint density at radius 2 is 2.11 bits per heavy atom. The quantitative estimate of drug-likeness (QED) is 0.861. The van der Waals surface area contributed by atoms with Crippen LogP contribution in [-0.2, 0) is 16.0 Å². The highest BCUT2D eigenvalue weighted by molar-refractivity contribution is 5.18. The van der Waals surface area contributed by atoms with Crippen LogP contribution in [0.1, 0.15) is 18.9 Å². The van der Waals surface area contributed by atoms with Crippen molar-refractivity contribution >= 4 is 0 Å². The van der Waals surface area contributed by atoms with E-state index in [1.807, 2.05) is 6.92 Å². The molecule has 1 aliphatic rings. The number of hydrogen-bond donors (Lipinski definition) is 1. The lowest BCUT2D eigenvalue weighted by Crippen LogP contribution is -2.59. The highest BCUT2D eigenvalue weighted by Gasteiger charge is 2.41. The van der Waals surface area contributed by atoms with Gasteiger partial charge in [0.05, 0.1) is 12.2 Å². The Hall–Kier alpha value is -1.04. The predicted octanol–water partition coefficient (Wildman–Crippen LogP) is 2.25. The van der Waals surface area contributed by atoms with E-state index in [9.17, 15) is 8.78 Å². The van der Waals surface area contributed by atoms with Crippen molar-refractivity contribution < 1.29 is 18.3 Å². The molecule has 3 unspecified atom stereocenters. The molecule has 5 heteroatoms. The molecule has 3 atom stereocenters. The zero-order chi connectivity index (χ0) is 13.8. The Morgan fingerprint density at radius 3 is 2.74 bits per heavy atom. The predicted molar refractivity (Wildman–Crippen MR) is 67.8 cm³/mol. The maximum absolute atomic E-state index is 13.1. The number of methoxy groups -OCH3 is 1. The molecule has 0 amide bonds. The third-order valence-corrected chi connectivity index (χ3v) is 3.45. The fraction of sp³-hybridized carbons (Fsp3) is 0.571. The monoisotopic (exact) mass is 271 g/mol. The first-order valence-electron chi connectivity index (χ1n) is 6.47. The molecule has 0 heterocycles. The third kappa shape index (κ3) is 3.29. The maximum atomic E-state index is 13.1. The van der Waals surface area contributed by atoms with Crippen LogP contribution >= 0.6 is 0 Å². The van der Waals surface area contributed by atoms with Crippen LogP contribution in [0, 0.1) is 11.6 Å². The summed E-state index contributed by atoms with van der Waals surface area (Å²) in [6.07, 6.45) is 1.01. The van der Waals surface area contributed by atoms with Gasteiger partial charge in [0.25, 0.3) is 0 Å². The number of ether oxygens (including phenoxy) is 2. The normalized spacial score (nSPS) is 26.2. The Kier molecular flexibility index (Phi) is 4.85. The van der Waals surface area contributed by atoms with E-state index in [2.05, 4.69) is 5.32 Å². The second kappa shape index (κ2) is 6.41. The van der Waals surface area contributed by atoms with Crippen molar-refractivity contribution in [3.05, 3.63) is 35.4 Å². The summed E-state index contributed by atoms with van der Waals surface area (Å²) < 4.78 is 36.8. The highest BCUT2D eigenvalue weighted by atomic mass is 19.2. The van der Waals surface area contributed by atoms with Gasteiger partial charge in [-0.3, -0.25) is 0 Å². The third-order valence-electron chi connectivity index (χ3n) is 3.45. The van der Waals surface area contributed by atoms with Gasteiger partial charge in [0, 0.05) is 26.3 Å². The number of hydrogen-bond acceptors (Lipinski definition) is 3. The van der Waals surface area contributed by atoms with Crippen LogP contribution in [0.4, 0.5) is 8.78 Å². The average Bonchev–Trinajstić information content (AvgIpc) is 2.37. The van der Waals surface area contributed by atoms with Crippen LogP contribution < -0.4 is 5.32 Å². The number of nitrogens with one attached hydrogen (secondary N) is 1. The van der Waals surface area contributed by atoms with Crippen molar-refractivity contribution in [2.24, 2.45) is 0 Å². The van der Waals surface area contributed by atoms with Crippen LogP contribution in [0.3, 0.4) is 0 Å². The Morgan fingerprint density at radius 1 is 1.32 bits per heavy atom. The van der Waals surface area contributed by atoms with Crippen molar-refractivity contribution in [1.82, 2.24) is 5.32 Å². The number of rotatable bonds is 6. The molecule has 1 N–H and O–H groups in total. The first-order chi connectivity index (χ1) is 9.15. The van der Waals surface area contributed by atoms with Crippen molar-refractivity contribution in [2.75, 3.05) is 13.7 Å². The van der Waals surface area contributed by atoms with E-state index in [-0.39, 0.29) is 18.2 Å². The SMILES string of the molecule is CCOC1CC(NCc2ccc(F)c(F)c2)C1OC. The number of halogens is 2. The molecule has 0 aromatic heterocycles. The van der Waals surface area contributed by atoms with Crippen molar-refractivity contribution in [1.29, 1.82) is 0 Å². The van der Waals surface area contributed by atoms with Crippen LogP contribution in [0.25, 0.3) is 0 Å². The van der Waals surface area contributed by atoms with E-state index >= 15 is 0 Å². The van der Waals surface area contributed by atoms with E-state index in [0.717, 1.165) is 12.5 Å². The average molecular weight is 271 g/mol. The number of benzene rings is 1. The van der Waals surface area contributed by atoms with E-state index in [4.69, 9.17) is 9.47 Å². The van der Waals surface area contributed by atoms with Crippen molar-refractivity contribution in [3.8, 4) is 0 Å². The second-order valence-corrected chi connectivity index (χ2v) is 4.67. The van der Waals surface area contributed by atoms with Crippen LogP contribution in [-0.4, -0.2) is 32.0 Å². The molecule has 106 valence electrons. The first-order valence-corrected chi connectivity index (χ1v) is 6.47. The van der Waals surface area contributed by atoms with Gasteiger partial charge in [-0.25, -0.2) is 8.78 Å². The van der Waals surface area contributed by atoms with Crippen LogP contribution in [0.2, 0.25) is 0 Å². The van der Waals surface area contributed by atoms with Crippen LogP contribution in [0.15, 0.2) is 18.2 Å². The maximum Gasteiger partial charge on any atom is 0.159 e. The fourth-order valence-corrected chi connectivity index (χ4v) is 2.37. The van der Waals surface area contributed by atoms with E-state index in [1.54, 1.807) is 13.2 Å². The van der Waals surface area contributed by atoms with Gasteiger partial charge >= 0.3 is 0 Å². The van der Waals surface area contributed by atoms with Gasteiger partial charge in [0.1, 0.15) is 0 Å². The molecule has 1 aliphatic carbocycles. The summed E-state index contributed by atoms with van der Waals surface area (Å²) in [6.45, 7) is 3.11. The van der Waals surface area contributed by atoms with E-state index < -0.39 is 11.6 Å². The Labute approximate surface area is 111 Å². The molecule has 3 nitrogen and oxygen atoms in total. The largest absolute Gasteiger partial charge is 0.377 e. The molecule has 2 rings (SSSR count). The first kappa shape index (κ1) is 14.4. The summed E-state index contributed by atoms with van der Waals surface area (Å²) in [5.74, 6) is -1.64. The van der Waals surface area contributed by atoms with Crippen LogP contribution in [0.5, 0.6) is 0 Å². The summed E-state index contributed by atoms with van der Waals surface area (Å²) in [7, 11) is 1.65. The molecule has 1 aromatic carbocycles. The van der Waals surface area contributed by atoms with Gasteiger partial charge in [-0.1, -0.05) is 6.07 Å². The molecule has 1 saturated carbocycles. The van der Waals surface area contributed by atoms with E-state index in [1.165, 1.54) is 6.07 Å². The molecule has 0 spiro atoms. The van der Waals surface area contributed by atoms with Gasteiger partial charge in [-0.2, -0.15) is 0 Å². The highest BCUT2D eigenvalue weighted by Crippen LogP contribution is 2.27. The molecular formula is C14H19F2NO2. The lowest BCUT2D eigenvalue weighted by atomic mass is 9.85. The summed E-state index contributed by atoms with van der Waals surface area (Å²) >= 11 is 0. The summed E-state index contributed by atoms with van der Waals surface area (Å²) in [6, 6.07) is 4.12. The topological polar surface area (TPSA) is 30.5 Å². The minimum Gasteiger partial charge on any atom is -0.377 e. The minimum atomic E-state index is -0.821. The molecule has 0 radical (unpaired) electrons. The summed E-state index contributed by atoms with van der Waals surface area (Å²) in [5.41, 5.74) is 0.716. The molecule has 1 aromatic rings. The zero-order valence-electron chi connectivity index (χ0n) is 11.2. The Balaban J connectivity index is 1.84. The lowest BCUT2D eigenvalue weighted by molar-refractivity contribution is -0.131. The zero-order valence-corrected chi connectivity index (χ0v) is 11.2. The van der Waals surface area contributed by atoms with Gasteiger partial charge in [0.2, 0.25) is 0 Å².